The van der Waals surface area contributed by atoms with Gasteiger partial charge in [-0.25, -0.2) is 4.39 Å². The second-order valence-electron chi connectivity index (χ2n) is 4.33. The highest BCUT2D eigenvalue weighted by atomic mass is 35.5. The number of rotatable bonds is 5. The standard InChI is InChI=1S/C12H16ClFN2O/c1-8(2)16(7-12(15)17)6-9-10(13)4-3-5-11(9)14/h3-5,8H,6-7H2,1-2H3,(H2,15,17)/p+1. The maximum atomic E-state index is 13.6. The SMILES string of the molecule is CC(C)[NH+](CC(N)=O)Cc1c(F)cccc1Cl. The number of carbonyl (C=O) groups is 1. The first-order valence-electron chi connectivity index (χ1n) is 5.47. The molecule has 0 radical (unpaired) electrons. The van der Waals surface area contributed by atoms with Gasteiger partial charge in [-0.15, -0.1) is 0 Å². The number of quaternary nitrogens is 1. The number of hydrogen-bond acceptors (Lipinski definition) is 1. The van der Waals surface area contributed by atoms with Crippen LogP contribution in [0.3, 0.4) is 0 Å². The van der Waals surface area contributed by atoms with E-state index < -0.39 is 5.91 Å². The second kappa shape index (κ2) is 5.98. The predicted molar refractivity (Wildman–Crippen MR) is 65.3 cm³/mol. The van der Waals surface area contributed by atoms with E-state index in [1.165, 1.54) is 6.07 Å². The highest BCUT2D eigenvalue weighted by molar-refractivity contribution is 6.31. The average molecular weight is 260 g/mol. The van der Waals surface area contributed by atoms with E-state index in [0.29, 0.717) is 17.1 Å². The third-order valence-electron chi connectivity index (χ3n) is 2.68. The monoisotopic (exact) mass is 259 g/mol. The lowest BCUT2D eigenvalue weighted by Crippen LogP contribution is -3.14. The minimum atomic E-state index is -0.402. The van der Waals surface area contributed by atoms with Gasteiger partial charge in [0, 0.05) is 0 Å². The van der Waals surface area contributed by atoms with Crippen LogP contribution in [0.25, 0.3) is 0 Å². The minimum Gasteiger partial charge on any atom is -0.365 e. The Morgan fingerprint density at radius 1 is 1.53 bits per heavy atom. The van der Waals surface area contributed by atoms with Crippen molar-refractivity contribution in [3.05, 3.63) is 34.6 Å². The van der Waals surface area contributed by atoms with Crippen molar-refractivity contribution in [1.29, 1.82) is 0 Å². The van der Waals surface area contributed by atoms with Gasteiger partial charge in [0.05, 0.1) is 16.6 Å². The molecule has 1 atom stereocenters. The van der Waals surface area contributed by atoms with Gasteiger partial charge < -0.3 is 10.6 Å². The van der Waals surface area contributed by atoms with Crippen LogP contribution in [-0.2, 0) is 11.3 Å². The molecule has 0 aliphatic rings. The molecule has 0 aromatic heterocycles. The topological polar surface area (TPSA) is 47.5 Å². The van der Waals surface area contributed by atoms with Crippen molar-refractivity contribution in [3.8, 4) is 0 Å². The number of hydrogen-bond donors (Lipinski definition) is 2. The van der Waals surface area contributed by atoms with Gasteiger partial charge in [-0.3, -0.25) is 4.79 Å². The highest BCUT2D eigenvalue weighted by Gasteiger charge is 2.20. The molecule has 3 N–H and O–H groups in total. The summed E-state index contributed by atoms with van der Waals surface area (Å²) >= 11 is 5.95. The quantitative estimate of drug-likeness (QED) is 0.806. The van der Waals surface area contributed by atoms with Gasteiger partial charge in [0.2, 0.25) is 0 Å². The van der Waals surface area contributed by atoms with Crippen molar-refractivity contribution in [2.45, 2.75) is 26.4 Å². The Morgan fingerprint density at radius 3 is 2.65 bits per heavy atom. The molecule has 1 rings (SSSR count). The smallest absolute Gasteiger partial charge is 0.272 e. The molecule has 0 aliphatic carbocycles. The largest absolute Gasteiger partial charge is 0.365 e. The second-order valence-corrected chi connectivity index (χ2v) is 4.74. The first kappa shape index (κ1) is 13.9. The molecule has 1 aromatic rings. The summed E-state index contributed by atoms with van der Waals surface area (Å²) in [5.74, 6) is -0.749. The van der Waals surface area contributed by atoms with E-state index in [-0.39, 0.29) is 18.4 Å². The number of nitrogens with one attached hydrogen (secondary N) is 1. The van der Waals surface area contributed by atoms with Crippen LogP contribution in [0, 0.1) is 5.82 Å². The van der Waals surface area contributed by atoms with E-state index in [2.05, 4.69) is 0 Å². The molecule has 0 spiro atoms. The number of primary amides is 1. The van der Waals surface area contributed by atoms with E-state index in [0.717, 1.165) is 4.90 Å². The summed E-state index contributed by atoms with van der Waals surface area (Å²) in [4.78, 5) is 11.8. The molecule has 0 aliphatic heterocycles. The van der Waals surface area contributed by atoms with Crippen LogP contribution in [0.2, 0.25) is 5.02 Å². The summed E-state index contributed by atoms with van der Waals surface area (Å²) in [6, 6.07) is 4.73. The van der Waals surface area contributed by atoms with Crippen molar-refractivity contribution >= 4 is 17.5 Å². The Bertz CT molecular complexity index is 389. The summed E-state index contributed by atoms with van der Waals surface area (Å²) in [6.07, 6.45) is 0. The first-order valence-corrected chi connectivity index (χ1v) is 5.85. The fourth-order valence-electron chi connectivity index (χ4n) is 1.62. The summed E-state index contributed by atoms with van der Waals surface area (Å²) in [6.45, 7) is 4.43. The van der Waals surface area contributed by atoms with Gasteiger partial charge in [0.1, 0.15) is 12.4 Å². The van der Waals surface area contributed by atoms with Crippen LogP contribution >= 0.6 is 11.6 Å². The summed E-state index contributed by atoms with van der Waals surface area (Å²) in [5.41, 5.74) is 5.60. The zero-order chi connectivity index (χ0) is 13.0. The van der Waals surface area contributed by atoms with E-state index >= 15 is 0 Å². The first-order chi connectivity index (χ1) is 7.91. The molecule has 1 amide bonds. The maximum absolute atomic E-state index is 13.6. The van der Waals surface area contributed by atoms with Crippen molar-refractivity contribution in [2.24, 2.45) is 5.73 Å². The number of nitrogens with two attached hydrogens (primary N) is 1. The van der Waals surface area contributed by atoms with Gasteiger partial charge in [0.15, 0.2) is 6.54 Å². The average Bonchev–Trinajstić information content (AvgIpc) is 2.21. The van der Waals surface area contributed by atoms with Gasteiger partial charge in [-0.2, -0.15) is 0 Å². The molecular weight excluding hydrogens is 243 g/mol. The van der Waals surface area contributed by atoms with Crippen LogP contribution in [0.4, 0.5) is 4.39 Å². The third kappa shape index (κ3) is 3.98. The molecule has 0 saturated carbocycles. The lowest BCUT2D eigenvalue weighted by Gasteiger charge is -2.22. The molecule has 17 heavy (non-hydrogen) atoms. The molecule has 0 bridgehead atoms. The minimum absolute atomic E-state index is 0.165. The molecular formula is C12H17ClFN2O+. The summed E-state index contributed by atoms with van der Waals surface area (Å²) in [7, 11) is 0. The van der Waals surface area contributed by atoms with E-state index in [1.54, 1.807) is 12.1 Å². The molecule has 94 valence electrons. The Hall–Kier alpha value is -1.13. The van der Waals surface area contributed by atoms with Crippen LogP contribution in [-0.4, -0.2) is 18.5 Å². The van der Waals surface area contributed by atoms with Gasteiger partial charge >= 0.3 is 0 Å². The Kier molecular flexibility index (Phi) is 4.90. The highest BCUT2D eigenvalue weighted by Crippen LogP contribution is 2.17. The molecule has 0 heterocycles. The number of halogens is 2. The van der Waals surface area contributed by atoms with Crippen molar-refractivity contribution < 1.29 is 14.1 Å². The van der Waals surface area contributed by atoms with Crippen LogP contribution in [0.5, 0.6) is 0 Å². The maximum Gasteiger partial charge on any atom is 0.272 e. The van der Waals surface area contributed by atoms with Crippen molar-refractivity contribution in [2.75, 3.05) is 6.54 Å². The van der Waals surface area contributed by atoms with Crippen molar-refractivity contribution in [1.82, 2.24) is 0 Å². The third-order valence-corrected chi connectivity index (χ3v) is 3.04. The molecule has 1 unspecified atom stereocenters. The molecule has 0 fully saturated rings. The fourth-order valence-corrected chi connectivity index (χ4v) is 1.85. The molecule has 1 aromatic carbocycles. The van der Waals surface area contributed by atoms with Gasteiger partial charge in [-0.1, -0.05) is 17.7 Å². The lowest BCUT2D eigenvalue weighted by atomic mass is 10.1. The number of carbonyl (C=O) groups excluding carboxylic acids is 1. The van der Waals surface area contributed by atoms with E-state index in [1.807, 2.05) is 13.8 Å². The predicted octanol–water partition coefficient (Wildman–Crippen LogP) is 0.758. The van der Waals surface area contributed by atoms with Crippen LogP contribution < -0.4 is 10.6 Å². The summed E-state index contributed by atoms with van der Waals surface area (Å²) < 4.78 is 13.6. The molecule has 0 saturated heterocycles. The zero-order valence-corrected chi connectivity index (χ0v) is 10.7. The summed E-state index contributed by atoms with van der Waals surface area (Å²) in [5, 5.41) is 0.382. The molecule has 5 heteroatoms. The number of amides is 1. The Labute approximate surface area is 105 Å². The Balaban J connectivity index is 2.89. The van der Waals surface area contributed by atoms with E-state index in [9.17, 15) is 9.18 Å². The normalized spacial score (nSPS) is 12.8. The zero-order valence-electron chi connectivity index (χ0n) is 9.97. The van der Waals surface area contributed by atoms with Gasteiger partial charge in [0.25, 0.3) is 5.91 Å². The molecule has 3 nitrogen and oxygen atoms in total. The Morgan fingerprint density at radius 2 is 2.18 bits per heavy atom. The van der Waals surface area contributed by atoms with Crippen LogP contribution in [0.1, 0.15) is 19.4 Å². The van der Waals surface area contributed by atoms with E-state index in [4.69, 9.17) is 17.3 Å². The number of benzene rings is 1. The van der Waals surface area contributed by atoms with Crippen LogP contribution in [0.15, 0.2) is 18.2 Å². The lowest BCUT2D eigenvalue weighted by molar-refractivity contribution is -0.927. The van der Waals surface area contributed by atoms with Crippen molar-refractivity contribution in [3.63, 3.8) is 0 Å². The van der Waals surface area contributed by atoms with Gasteiger partial charge in [-0.05, 0) is 26.0 Å². The fraction of sp³-hybridized carbons (Fsp3) is 0.417.